The maximum atomic E-state index is 4.88. The highest BCUT2D eigenvalue weighted by molar-refractivity contribution is 5.80. The SMILES string of the molecule is Cc1cn(C2CCCC2)c2nc(NC3CCCCC3)ncc12. The van der Waals surface area contributed by atoms with Gasteiger partial charge in [-0.05, 0) is 38.2 Å². The summed E-state index contributed by atoms with van der Waals surface area (Å²) in [4.78, 5) is 9.44. The van der Waals surface area contributed by atoms with Crippen LogP contribution in [0.1, 0.15) is 69.4 Å². The summed E-state index contributed by atoms with van der Waals surface area (Å²) in [6, 6.07) is 1.19. The van der Waals surface area contributed by atoms with Gasteiger partial charge in [0, 0.05) is 29.9 Å². The van der Waals surface area contributed by atoms with E-state index in [0.717, 1.165) is 11.6 Å². The Balaban J connectivity index is 1.64. The first-order chi connectivity index (χ1) is 10.8. The van der Waals surface area contributed by atoms with E-state index in [1.807, 2.05) is 6.20 Å². The van der Waals surface area contributed by atoms with Gasteiger partial charge in [0.1, 0.15) is 5.65 Å². The number of hydrogen-bond donors (Lipinski definition) is 1. The summed E-state index contributed by atoms with van der Waals surface area (Å²) in [6.07, 6.45) is 16.1. The summed E-state index contributed by atoms with van der Waals surface area (Å²) in [6.45, 7) is 2.17. The molecule has 22 heavy (non-hydrogen) atoms. The summed E-state index contributed by atoms with van der Waals surface area (Å²) in [5.41, 5.74) is 2.42. The Labute approximate surface area is 132 Å². The van der Waals surface area contributed by atoms with Gasteiger partial charge in [-0.1, -0.05) is 32.1 Å². The number of hydrogen-bond acceptors (Lipinski definition) is 3. The molecule has 0 bridgehead atoms. The van der Waals surface area contributed by atoms with Crippen molar-refractivity contribution < 1.29 is 0 Å². The average Bonchev–Trinajstić information content (AvgIpc) is 3.17. The van der Waals surface area contributed by atoms with Gasteiger partial charge < -0.3 is 9.88 Å². The minimum atomic E-state index is 0.558. The van der Waals surface area contributed by atoms with Gasteiger partial charge >= 0.3 is 0 Å². The molecule has 0 atom stereocenters. The Bertz CT molecular complexity index is 648. The molecule has 0 radical (unpaired) electrons. The van der Waals surface area contributed by atoms with E-state index in [9.17, 15) is 0 Å². The fraction of sp³-hybridized carbons (Fsp3) is 0.667. The molecule has 0 saturated heterocycles. The average molecular weight is 298 g/mol. The lowest BCUT2D eigenvalue weighted by Gasteiger charge is -2.22. The molecule has 118 valence electrons. The van der Waals surface area contributed by atoms with Crippen molar-refractivity contribution in [2.75, 3.05) is 5.32 Å². The van der Waals surface area contributed by atoms with Crippen LogP contribution in [0.3, 0.4) is 0 Å². The lowest BCUT2D eigenvalue weighted by atomic mass is 9.96. The van der Waals surface area contributed by atoms with E-state index in [1.165, 1.54) is 68.7 Å². The van der Waals surface area contributed by atoms with Crippen molar-refractivity contribution in [1.82, 2.24) is 14.5 Å². The Morgan fingerprint density at radius 1 is 1.05 bits per heavy atom. The molecule has 2 heterocycles. The second kappa shape index (κ2) is 5.90. The van der Waals surface area contributed by atoms with Gasteiger partial charge in [0.25, 0.3) is 0 Å². The van der Waals surface area contributed by atoms with Crippen LogP contribution in [0.5, 0.6) is 0 Å². The molecule has 2 aliphatic rings. The zero-order chi connectivity index (χ0) is 14.9. The van der Waals surface area contributed by atoms with E-state index >= 15 is 0 Å². The molecule has 0 aliphatic heterocycles. The van der Waals surface area contributed by atoms with Crippen molar-refractivity contribution in [2.45, 2.75) is 76.8 Å². The van der Waals surface area contributed by atoms with Gasteiger partial charge in [-0.15, -0.1) is 0 Å². The molecule has 2 aliphatic carbocycles. The van der Waals surface area contributed by atoms with Crippen LogP contribution in [0.4, 0.5) is 5.95 Å². The van der Waals surface area contributed by atoms with Crippen LogP contribution >= 0.6 is 0 Å². The second-order valence-electron chi connectivity index (χ2n) is 7.07. The first-order valence-corrected chi connectivity index (χ1v) is 8.92. The van der Waals surface area contributed by atoms with Gasteiger partial charge in [-0.2, -0.15) is 4.98 Å². The third kappa shape index (κ3) is 2.59. The Morgan fingerprint density at radius 2 is 1.77 bits per heavy atom. The highest BCUT2D eigenvalue weighted by Gasteiger charge is 2.21. The zero-order valence-corrected chi connectivity index (χ0v) is 13.5. The minimum Gasteiger partial charge on any atom is -0.351 e. The first-order valence-electron chi connectivity index (χ1n) is 8.92. The predicted octanol–water partition coefficient (Wildman–Crippen LogP) is 4.60. The van der Waals surface area contributed by atoms with Crippen LogP contribution in [-0.4, -0.2) is 20.6 Å². The molecule has 0 amide bonds. The van der Waals surface area contributed by atoms with Crippen LogP contribution in [-0.2, 0) is 0 Å². The minimum absolute atomic E-state index is 0.558. The molecule has 2 saturated carbocycles. The number of nitrogens with one attached hydrogen (secondary N) is 1. The molecule has 4 nitrogen and oxygen atoms in total. The molecule has 0 spiro atoms. The Morgan fingerprint density at radius 3 is 2.55 bits per heavy atom. The van der Waals surface area contributed by atoms with Gasteiger partial charge in [0.2, 0.25) is 5.95 Å². The number of anilines is 1. The van der Waals surface area contributed by atoms with Crippen LogP contribution in [0.15, 0.2) is 12.4 Å². The van der Waals surface area contributed by atoms with E-state index in [1.54, 1.807) is 0 Å². The zero-order valence-electron chi connectivity index (χ0n) is 13.5. The van der Waals surface area contributed by atoms with Crippen LogP contribution in [0.2, 0.25) is 0 Å². The molecule has 1 N–H and O–H groups in total. The standard InChI is InChI=1S/C18H26N4/c1-13-12-22(15-9-5-6-10-15)17-16(13)11-19-18(21-17)20-14-7-3-2-4-8-14/h11-12,14-15H,2-10H2,1H3,(H,19,20,21). The Kier molecular flexibility index (Phi) is 3.77. The molecule has 2 aromatic rings. The quantitative estimate of drug-likeness (QED) is 0.900. The molecular weight excluding hydrogens is 272 g/mol. The second-order valence-corrected chi connectivity index (χ2v) is 7.07. The monoisotopic (exact) mass is 298 g/mol. The van der Waals surface area contributed by atoms with Crippen molar-refractivity contribution in [3.05, 3.63) is 18.0 Å². The van der Waals surface area contributed by atoms with Crippen molar-refractivity contribution >= 4 is 17.0 Å². The first kappa shape index (κ1) is 14.0. The normalized spacial score (nSPS) is 20.8. The maximum Gasteiger partial charge on any atom is 0.224 e. The molecule has 0 aromatic carbocycles. The van der Waals surface area contributed by atoms with Gasteiger partial charge in [0.15, 0.2) is 0 Å². The highest BCUT2D eigenvalue weighted by atomic mass is 15.2. The van der Waals surface area contributed by atoms with Crippen LogP contribution in [0.25, 0.3) is 11.0 Å². The number of aryl methyl sites for hydroxylation is 1. The van der Waals surface area contributed by atoms with Crippen molar-refractivity contribution in [1.29, 1.82) is 0 Å². The summed E-state index contributed by atoms with van der Waals surface area (Å²) >= 11 is 0. The number of nitrogens with zero attached hydrogens (tertiary/aromatic N) is 3. The highest BCUT2D eigenvalue weighted by Crippen LogP contribution is 2.33. The smallest absolute Gasteiger partial charge is 0.224 e. The molecule has 2 fully saturated rings. The van der Waals surface area contributed by atoms with Gasteiger partial charge in [-0.25, -0.2) is 4.98 Å². The third-order valence-corrected chi connectivity index (χ3v) is 5.43. The molecule has 2 aromatic heterocycles. The number of rotatable bonds is 3. The lowest BCUT2D eigenvalue weighted by molar-refractivity contribution is 0.461. The molecular formula is C18H26N4. The lowest BCUT2D eigenvalue weighted by Crippen LogP contribution is -2.23. The number of aromatic nitrogens is 3. The predicted molar refractivity (Wildman–Crippen MR) is 90.3 cm³/mol. The topological polar surface area (TPSA) is 42.7 Å². The van der Waals surface area contributed by atoms with E-state index in [0.29, 0.717) is 12.1 Å². The fourth-order valence-electron chi connectivity index (χ4n) is 4.15. The summed E-state index contributed by atoms with van der Waals surface area (Å²) < 4.78 is 2.41. The Hall–Kier alpha value is -1.58. The van der Waals surface area contributed by atoms with Crippen molar-refractivity contribution in [3.8, 4) is 0 Å². The maximum absolute atomic E-state index is 4.88. The number of fused-ring (bicyclic) bond motifs is 1. The molecule has 4 rings (SSSR count). The summed E-state index contributed by atoms with van der Waals surface area (Å²) in [5, 5.41) is 4.77. The van der Waals surface area contributed by atoms with Crippen LogP contribution < -0.4 is 5.32 Å². The van der Waals surface area contributed by atoms with Crippen molar-refractivity contribution in [2.24, 2.45) is 0 Å². The van der Waals surface area contributed by atoms with E-state index in [-0.39, 0.29) is 0 Å². The van der Waals surface area contributed by atoms with Gasteiger partial charge in [0.05, 0.1) is 0 Å². The molecule has 4 heteroatoms. The van der Waals surface area contributed by atoms with Crippen molar-refractivity contribution in [3.63, 3.8) is 0 Å². The summed E-state index contributed by atoms with van der Waals surface area (Å²) in [7, 11) is 0. The van der Waals surface area contributed by atoms with E-state index in [4.69, 9.17) is 4.98 Å². The van der Waals surface area contributed by atoms with Gasteiger partial charge in [-0.3, -0.25) is 0 Å². The third-order valence-electron chi connectivity index (χ3n) is 5.43. The van der Waals surface area contributed by atoms with Crippen LogP contribution in [0, 0.1) is 6.92 Å². The fourth-order valence-corrected chi connectivity index (χ4v) is 4.15. The largest absolute Gasteiger partial charge is 0.351 e. The van der Waals surface area contributed by atoms with E-state index in [2.05, 4.69) is 28.0 Å². The summed E-state index contributed by atoms with van der Waals surface area (Å²) in [5.74, 6) is 0.816. The molecule has 0 unspecified atom stereocenters. The van der Waals surface area contributed by atoms with E-state index < -0.39 is 0 Å².